The van der Waals surface area contributed by atoms with E-state index in [4.69, 9.17) is 16.3 Å². The smallest absolute Gasteiger partial charge is 0.228 e. The third kappa shape index (κ3) is 3.34. The van der Waals surface area contributed by atoms with Crippen LogP contribution in [0.5, 0.6) is 11.5 Å². The van der Waals surface area contributed by atoms with Crippen molar-refractivity contribution in [1.82, 2.24) is 0 Å². The summed E-state index contributed by atoms with van der Waals surface area (Å²) in [6.45, 7) is 0. The molecule has 25 heavy (non-hydrogen) atoms. The summed E-state index contributed by atoms with van der Waals surface area (Å²) in [6, 6.07) is 6.53. The number of aromatic hydroxyl groups is 1. The first-order chi connectivity index (χ1) is 11.9. The minimum atomic E-state index is -0.572. The molecule has 2 aromatic carbocycles. The Balaban J connectivity index is 2.10. The molecule has 0 aliphatic carbocycles. The highest BCUT2D eigenvalue weighted by Crippen LogP contribution is 2.36. The van der Waals surface area contributed by atoms with Gasteiger partial charge in [0, 0.05) is 11.1 Å². The fraction of sp³-hybridized carbons (Fsp3) is 0.111. The zero-order valence-electron chi connectivity index (χ0n) is 13.1. The van der Waals surface area contributed by atoms with Crippen LogP contribution < -0.4 is 10.1 Å². The van der Waals surface area contributed by atoms with Gasteiger partial charge in [-0.05, 0) is 42.0 Å². The number of amides is 1. The summed E-state index contributed by atoms with van der Waals surface area (Å²) in [6.07, 6.45) is 1.30. The Morgan fingerprint density at radius 1 is 1.28 bits per heavy atom. The molecule has 0 saturated carbocycles. The zero-order chi connectivity index (χ0) is 18.1. The van der Waals surface area contributed by atoms with Crippen molar-refractivity contribution in [1.29, 1.82) is 0 Å². The summed E-state index contributed by atoms with van der Waals surface area (Å²) < 4.78 is 18.5. The van der Waals surface area contributed by atoms with Gasteiger partial charge in [0.1, 0.15) is 5.82 Å². The second kappa shape index (κ2) is 6.57. The van der Waals surface area contributed by atoms with Crippen LogP contribution in [0, 0.1) is 5.82 Å². The molecule has 1 amide bonds. The Bertz CT molecular complexity index is 924. The number of hydrogen-bond donors (Lipinski definition) is 2. The number of benzene rings is 2. The lowest BCUT2D eigenvalue weighted by atomic mass is 9.98. The maximum absolute atomic E-state index is 13.5. The number of fused-ring (bicyclic) bond motifs is 1. The van der Waals surface area contributed by atoms with Crippen LogP contribution in [0.2, 0.25) is 5.02 Å². The number of Topliss-reactive ketones (excluding diaryl/α,β-unsaturated/α-hetero) is 1. The highest BCUT2D eigenvalue weighted by Gasteiger charge is 2.24. The number of nitrogens with one attached hydrogen (secondary N) is 1. The van der Waals surface area contributed by atoms with Crippen molar-refractivity contribution in [2.75, 3.05) is 12.4 Å². The molecule has 128 valence electrons. The molecule has 1 heterocycles. The van der Waals surface area contributed by atoms with Crippen LogP contribution in [0.3, 0.4) is 0 Å². The molecule has 3 rings (SSSR count). The standard InChI is InChI=1S/C18H13ClFNO4/c1-25-15-6-9(5-13(19)18(15)24)4-10-7-16(22)21-14-3-2-11(20)8-12(14)17(10)23/h2-6,8,24H,7H2,1H3,(H,21,22). The summed E-state index contributed by atoms with van der Waals surface area (Å²) >= 11 is 5.94. The fourth-order valence-electron chi connectivity index (χ4n) is 2.58. The van der Waals surface area contributed by atoms with Crippen molar-refractivity contribution in [3.8, 4) is 11.5 Å². The van der Waals surface area contributed by atoms with Gasteiger partial charge in [0.25, 0.3) is 0 Å². The summed E-state index contributed by atoms with van der Waals surface area (Å²) in [7, 11) is 1.37. The number of hydrogen-bond acceptors (Lipinski definition) is 4. The third-order valence-electron chi connectivity index (χ3n) is 3.75. The number of phenols is 1. The van der Waals surface area contributed by atoms with Crippen molar-refractivity contribution < 1.29 is 23.8 Å². The van der Waals surface area contributed by atoms with Gasteiger partial charge in [0.15, 0.2) is 17.3 Å². The van der Waals surface area contributed by atoms with Crippen molar-refractivity contribution in [2.45, 2.75) is 6.42 Å². The Labute approximate surface area is 147 Å². The molecular weight excluding hydrogens is 349 g/mol. The molecule has 0 atom stereocenters. The Morgan fingerprint density at radius 3 is 2.76 bits per heavy atom. The molecule has 2 aromatic rings. The first-order valence-corrected chi connectivity index (χ1v) is 7.68. The Hall–Kier alpha value is -2.86. The van der Waals surface area contributed by atoms with Gasteiger partial charge in [0.2, 0.25) is 5.91 Å². The quantitative estimate of drug-likeness (QED) is 0.798. The van der Waals surface area contributed by atoms with Crippen LogP contribution in [0.25, 0.3) is 6.08 Å². The minimum absolute atomic E-state index is 0.0446. The SMILES string of the molecule is COc1cc(C=C2CC(=O)Nc3ccc(F)cc3C2=O)cc(Cl)c1O. The molecule has 1 aliphatic heterocycles. The number of anilines is 1. The second-order valence-electron chi connectivity index (χ2n) is 5.47. The van der Waals surface area contributed by atoms with Gasteiger partial charge in [-0.2, -0.15) is 0 Å². The minimum Gasteiger partial charge on any atom is -0.503 e. The van der Waals surface area contributed by atoms with Gasteiger partial charge in [-0.3, -0.25) is 9.59 Å². The van der Waals surface area contributed by atoms with Crippen LogP contribution in [0.1, 0.15) is 22.3 Å². The lowest BCUT2D eigenvalue weighted by molar-refractivity contribution is -0.115. The molecule has 0 fully saturated rings. The van der Waals surface area contributed by atoms with Crippen molar-refractivity contribution in [3.05, 3.63) is 57.9 Å². The first-order valence-electron chi connectivity index (χ1n) is 7.30. The fourth-order valence-corrected chi connectivity index (χ4v) is 2.80. The molecule has 0 unspecified atom stereocenters. The lowest BCUT2D eigenvalue weighted by Gasteiger charge is -2.08. The Morgan fingerprint density at radius 2 is 2.04 bits per heavy atom. The second-order valence-corrected chi connectivity index (χ2v) is 5.87. The normalized spacial score (nSPS) is 15.6. The average Bonchev–Trinajstić information content (AvgIpc) is 2.68. The van der Waals surface area contributed by atoms with Gasteiger partial charge in [0.05, 0.1) is 24.2 Å². The molecule has 0 saturated heterocycles. The van der Waals surface area contributed by atoms with E-state index < -0.39 is 11.6 Å². The molecular formula is C18H13ClFNO4. The van der Waals surface area contributed by atoms with Gasteiger partial charge in [-0.1, -0.05) is 11.6 Å². The van der Waals surface area contributed by atoms with E-state index in [9.17, 15) is 19.1 Å². The molecule has 2 N–H and O–H groups in total. The van der Waals surface area contributed by atoms with Gasteiger partial charge >= 0.3 is 0 Å². The summed E-state index contributed by atoms with van der Waals surface area (Å²) in [5.41, 5.74) is 0.983. The maximum atomic E-state index is 13.5. The van der Waals surface area contributed by atoms with E-state index in [-0.39, 0.29) is 45.7 Å². The van der Waals surface area contributed by atoms with Crippen molar-refractivity contribution in [3.63, 3.8) is 0 Å². The number of rotatable bonds is 2. The third-order valence-corrected chi connectivity index (χ3v) is 4.04. The predicted molar refractivity (Wildman–Crippen MR) is 91.6 cm³/mol. The van der Waals surface area contributed by atoms with Crippen LogP contribution in [-0.4, -0.2) is 23.9 Å². The molecule has 5 nitrogen and oxygen atoms in total. The van der Waals surface area contributed by atoms with E-state index in [1.807, 2.05) is 0 Å². The number of phenolic OH excluding ortho intramolecular Hbond substituents is 1. The molecule has 0 spiro atoms. The lowest BCUT2D eigenvalue weighted by Crippen LogP contribution is -2.10. The largest absolute Gasteiger partial charge is 0.503 e. The molecule has 0 aromatic heterocycles. The van der Waals surface area contributed by atoms with E-state index in [1.54, 1.807) is 0 Å². The first kappa shape index (κ1) is 17.0. The van der Waals surface area contributed by atoms with Gasteiger partial charge < -0.3 is 15.2 Å². The Kier molecular flexibility index (Phi) is 4.46. The maximum Gasteiger partial charge on any atom is 0.228 e. The molecule has 0 bridgehead atoms. The van der Waals surface area contributed by atoms with E-state index in [0.717, 1.165) is 6.07 Å². The molecule has 1 aliphatic rings. The number of methoxy groups -OCH3 is 1. The highest BCUT2D eigenvalue weighted by atomic mass is 35.5. The van der Waals surface area contributed by atoms with Gasteiger partial charge in [-0.15, -0.1) is 0 Å². The van der Waals surface area contributed by atoms with Crippen molar-refractivity contribution >= 4 is 35.1 Å². The van der Waals surface area contributed by atoms with Crippen LogP contribution >= 0.6 is 11.6 Å². The number of ketones is 1. The van der Waals surface area contributed by atoms with Gasteiger partial charge in [-0.25, -0.2) is 4.39 Å². The van der Waals surface area contributed by atoms with E-state index in [1.165, 1.54) is 37.5 Å². The average molecular weight is 362 g/mol. The van der Waals surface area contributed by atoms with Crippen LogP contribution in [0.4, 0.5) is 10.1 Å². The number of carbonyl (C=O) groups is 2. The summed E-state index contributed by atoms with van der Waals surface area (Å²) in [4.78, 5) is 24.7. The van der Waals surface area contributed by atoms with E-state index >= 15 is 0 Å². The summed E-state index contributed by atoms with van der Waals surface area (Å²) in [5.74, 6) is -1.50. The topological polar surface area (TPSA) is 75.6 Å². The van der Waals surface area contributed by atoms with Crippen molar-refractivity contribution in [2.24, 2.45) is 0 Å². The number of halogens is 2. The molecule has 7 heteroatoms. The highest BCUT2D eigenvalue weighted by molar-refractivity contribution is 6.32. The summed E-state index contributed by atoms with van der Waals surface area (Å²) in [5, 5.41) is 12.4. The zero-order valence-corrected chi connectivity index (χ0v) is 13.9. The van der Waals surface area contributed by atoms with E-state index in [0.29, 0.717) is 5.56 Å². The number of ether oxygens (including phenoxy) is 1. The number of carbonyl (C=O) groups excluding carboxylic acids is 2. The van der Waals surface area contributed by atoms with Crippen LogP contribution in [-0.2, 0) is 4.79 Å². The predicted octanol–water partition coefficient (Wildman–Crippen LogP) is 3.80. The van der Waals surface area contributed by atoms with E-state index in [2.05, 4.69) is 5.32 Å². The van der Waals surface area contributed by atoms with Crippen LogP contribution in [0.15, 0.2) is 35.9 Å². The molecule has 0 radical (unpaired) electrons. The monoisotopic (exact) mass is 361 g/mol.